The number of guanidine groups is 1. The average Bonchev–Trinajstić information content (AvgIpc) is 2.96. The van der Waals surface area contributed by atoms with Gasteiger partial charge in [-0.1, -0.05) is 6.07 Å². The van der Waals surface area contributed by atoms with Crippen molar-refractivity contribution in [3.63, 3.8) is 0 Å². The summed E-state index contributed by atoms with van der Waals surface area (Å²) in [6.07, 6.45) is 4.59. The molecule has 42 heavy (non-hydrogen) atoms. The van der Waals surface area contributed by atoms with Crippen molar-refractivity contribution in [3.8, 4) is 11.5 Å². The molecule has 1 aliphatic carbocycles. The third-order valence-corrected chi connectivity index (χ3v) is 8.55. The number of aliphatic hydroxyl groups is 2. The van der Waals surface area contributed by atoms with Gasteiger partial charge in [-0.25, -0.2) is 0 Å². The standard InChI is InChI=1S/C31H53N5O6/c1-20(37)17-35-18-24-7-6-23(15-25(24)19-36-31(32)33-3)29(40)16-27(41-21(2)38)8-4-22-5-9-28(39)30(14-22)42-26-10-12-34-13-11-26/h5,9,14,20,23-27,29,34-35,37,39-40H,4,6-8,10-13,15-19H2,1-3H3,(H3,32,33,36)/t20-,23+,24-,25-,27+,29+/m0/s1. The number of aryl methyl sites for hydroxylation is 1. The summed E-state index contributed by atoms with van der Waals surface area (Å²) in [6.45, 7) is 6.95. The lowest BCUT2D eigenvalue weighted by atomic mass is 9.71. The van der Waals surface area contributed by atoms with Crippen molar-refractivity contribution in [2.45, 2.75) is 89.6 Å². The van der Waals surface area contributed by atoms with Crippen LogP contribution in [-0.2, 0) is 16.0 Å². The molecule has 11 nitrogen and oxygen atoms in total. The molecule has 238 valence electrons. The first-order chi connectivity index (χ1) is 20.1. The van der Waals surface area contributed by atoms with E-state index in [0.29, 0.717) is 50.0 Å². The monoisotopic (exact) mass is 591 g/mol. The zero-order valence-electron chi connectivity index (χ0n) is 25.6. The van der Waals surface area contributed by atoms with Gasteiger partial charge in [-0.05, 0) is 107 Å². The second-order valence-electron chi connectivity index (χ2n) is 12.0. The van der Waals surface area contributed by atoms with Gasteiger partial charge >= 0.3 is 5.97 Å². The molecule has 2 aliphatic rings. The fourth-order valence-electron chi connectivity index (χ4n) is 6.17. The predicted octanol–water partition coefficient (Wildman–Crippen LogP) is 1.68. The van der Waals surface area contributed by atoms with Gasteiger partial charge in [0.15, 0.2) is 17.5 Å². The Morgan fingerprint density at radius 3 is 2.62 bits per heavy atom. The predicted molar refractivity (Wildman–Crippen MR) is 164 cm³/mol. The summed E-state index contributed by atoms with van der Waals surface area (Å²) < 4.78 is 11.7. The second-order valence-corrected chi connectivity index (χ2v) is 12.0. The highest BCUT2D eigenvalue weighted by Crippen LogP contribution is 2.37. The topological polar surface area (TPSA) is 171 Å². The third-order valence-electron chi connectivity index (χ3n) is 8.55. The van der Waals surface area contributed by atoms with E-state index < -0.39 is 18.3 Å². The number of aliphatic imine (C=N–C) groups is 1. The van der Waals surface area contributed by atoms with Gasteiger partial charge in [-0.2, -0.15) is 0 Å². The number of esters is 1. The fourth-order valence-corrected chi connectivity index (χ4v) is 6.17. The van der Waals surface area contributed by atoms with Crippen LogP contribution >= 0.6 is 0 Å². The molecule has 1 saturated heterocycles. The zero-order valence-corrected chi connectivity index (χ0v) is 25.6. The molecule has 8 N–H and O–H groups in total. The molecular formula is C31H53N5O6. The average molecular weight is 592 g/mol. The number of carbonyl (C=O) groups is 1. The molecule has 2 fully saturated rings. The minimum atomic E-state index is -0.612. The maximum Gasteiger partial charge on any atom is 0.302 e. The van der Waals surface area contributed by atoms with E-state index in [9.17, 15) is 20.1 Å². The molecule has 0 amide bonds. The number of nitrogens with zero attached hydrogens (tertiary/aromatic N) is 1. The van der Waals surface area contributed by atoms with E-state index in [4.69, 9.17) is 15.2 Å². The summed E-state index contributed by atoms with van der Waals surface area (Å²) in [5.41, 5.74) is 6.88. The molecule has 1 aromatic rings. The molecule has 11 heteroatoms. The highest BCUT2D eigenvalue weighted by Gasteiger charge is 2.35. The normalized spacial score (nSPS) is 24.0. The number of piperidine rings is 1. The Bertz CT molecular complexity index is 987. The number of phenols is 1. The van der Waals surface area contributed by atoms with Crippen LogP contribution in [0.15, 0.2) is 23.2 Å². The Morgan fingerprint density at radius 2 is 1.93 bits per heavy atom. The summed E-state index contributed by atoms with van der Waals surface area (Å²) >= 11 is 0. The smallest absolute Gasteiger partial charge is 0.302 e. The summed E-state index contributed by atoms with van der Waals surface area (Å²) in [5.74, 6) is 1.35. The number of aromatic hydroxyl groups is 1. The lowest BCUT2D eigenvalue weighted by Crippen LogP contribution is -2.44. The molecule has 0 aromatic heterocycles. The molecule has 0 bridgehead atoms. The van der Waals surface area contributed by atoms with E-state index >= 15 is 0 Å². The minimum Gasteiger partial charge on any atom is -0.504 e. The largest absolute Gasteiger partial charge is 0.504 e. The van der Waals surface area contributed by atoms with Crippen LogP contribution in [0.25, 0.3) is 0 Å². The van der Waals surface area contributed by atoms with Gasteiger partial charge in [-0.15, -0.1) is 0 Å². The van der Waals surface area contributed by atoms with Crippen LogP contribution in [0, 0.1) is 17.8 Å². The van der Waals surface area contributed by atoms with Crippen molar-refractivity contribution in [2.75, 3.05) is 39.8 Å². The number of aliphatic hydroxyl groups excluding tert-OH is 2. The van der Waals surface area contributed by atoms with Crippen molar-refractivity contribution in [1.82, 2.24) is 16.0 Å². The molecule has 0 spiro atoms. The Balaban J connectivity index is 1.59. The van der Waals surface area contributed by atoms with Crippen LogP contribution in [0.5, 0.6) is 11.5 Å². The first-order valence-corrected chi connectivity index (χ1v) is 15.5. The van der Waals surface area contributed by atoms with Crippen LogP contribution < -0.4 is 26.4 Å². The molecule has 1 aliphatic heterocycles. The number of nitrogens with one attached hydrogen (secondary N) is 3. The number of hydrogen-bond donors (Lipinski definition) is 7. The van der Waals surface area contributed by atoms with Crippen LogP contribution in [0.3, 0.4) is 0 Å². The van der Waals surface area contributed by atoms with Gasteiger partial charge in [0.25, 0.3) is 0 Å². The molecule has 6 atom stereocenters. The molecular weight excluding hydrogens is 538 g/mol. The SMILES string of the molecule is CN=C(N)NC[C@@H]1C[C@H]([C@H](O)C[C@@H](CCc2ccc(O)c(OC3CCNCC3)c2)OC(C)=O)CC[C@H]1CNC[C@H](C)O. The van der Waals surface area contributed by atoms with Crippen LogP contribution in [0.1, 0.15) is 64.4 Å². The van der Waals surface area contributed by atoms with Crippen molar-refractivity contribution >= 4 is 11.9 Å². The van der Waals surface area contributed by atoms with Gasteiger partial charge < -0.3 is 46.5 Å². The van der Waals surface area contributed by atoms with Gasteiger partial charge in [-0.3, -0.25) is 9.79 Å². The maximum atomic E-state index is 11.9. The first-order valence-electron chi connectivity index (χ1n) is 15.5. The van der Waals surface area contributed by atoms with Crippen molar-refractivity contribution in [3.05, 3.63) is 23.8 Å². The van der Waals surface area contributed by atoms with Gasteiger partial charge in [0.05, 0.1) is 12.2 Å². The van der Waals surface area contributed by atoms with Crippen LogP contribution in [-0.4, -0.2) is 91.4 Å². The van der Waals surface area contributed by atoms with Gasteiger partial charge in [0.2, 0.25) is 0 Å². The van der Waals surface area contributed by atoms with E-state index in [1.54, 1.807) is 20.0 Å². The van der Waals surface area contributed by atoms with Crippen LogP contribution in [0.2, 0.25) is 0 Å². The maximum absolute atomic E-state index is 11.9. The Morgan fingerprint density at radius 1 is 1.17 bits per heavy atom. The first kappa shape index (κ1) is 33.9. The number of rotatable bonds is 15. The molecule has 1 aromatic carbocycles. The van der Waals surface area contributed by atoms with Gasteiger partial charge in [0.1, 0.15) is 12.2 Å². The fraction of sp³-hybridized carbons (Fsp3) is 0.742. The number of benzene rings is 1. The highest BCUT2D eigenvalue weighted by atomic mass is 16.5. The van der Waals surface area contributed by atoms with Crippen LogP contribution in [0.4, 0.5) is 0 Å². The number of hydrogen-bond acceptors (Lipinski definition) is 9. The van der Waals surface area contributed by atoms with Crippen molar-refractivity contribution in [2.24, 2.45) is 28.5 Å². The quantitative estimate of drug-likeness (QED) is 0.0904. The summed E-state index contributed by atoms with van der Waals surface area (Å²) in [5, 5.41) is 41.2. The van der Waals surface area contributed by atoms with E-state index in [1.165, 1.54) is 6.92 Å². The summed E-state index contributed by atoms with van der Waals surface area (Å²) in [7, 11) is 1.65. The molecule has 3 rings (SSSR count). The molecule has 1 heterocycles. The van der Waals surface area contributed by atoms with E-state index in [1.807, 2.05) is 12.1 Å². The number of phenolic OH excluding ortho intramolecular Hbond substituents is 1. The van der Waals surface area contributed by atoms with Gasteiger partial charge in [0, 0.05) is 33.5 Å². The lowest BCUT2D eigenvalue weighted by Gasteiger charge is -2.39. The Kier molecular flexibility index (Phi) is 14.1. The van der Waals surface area contributed by atoms with Crippen molar-refractivity contribution in [1.29, 1.82) is 0 Å². The summed E-state index contributed by atoms with van der Waals surface area (Å²) in [4.78, 5) is 15.9. The lowest BCUT2D eigenvalue weighted by molar-refractivity contribution is -0.148. The number of ether oxygens (including phenoxy) is 2. The molecule has 0 unspecified atom stereocenters. The molecule has 1 saturated carbocycles. The zero-order chi connectivity index (χ0) is 30.5. The van der Waals surface area contributed by atoms with Crippen molar-refractivity contribution < 1.29 is 29.6 Å². The minimum absolute atomic E-state index is 0.0707. The van der Waals surface area contributed by atoms with E-state index in [2.05, 4.69) is 20.9 Å². The second kappa shape index (κ2) is 17.5. The Hall–Kier alpha value is -2.60. The summed E-state index contributed by atoms with van der Waals surface area (Å²) in [6, 6.07) is 5.39. The van der Waals surface area contributed by atoms with E-state index in [-0.39, 0.29) is 29.7 Å². The Labute approximate surface area is 250 Å². The molecule has 0 radical (unpaired) electrons. The number of carbonyl (C=O) groups excluding carboxylic acids is 1. The number of nitrogens with two attached hydrogens (primary N) is 1. The third kappa shape index (κ3) is 11.6. The van der Waals surface area contributed by atoms with E-state index in [0.717, 1.165) is 57.3 Å². The highest BCUT2D eigenvalue weighted by molar-refractivity contribution is 5.77.